The van der Waals surface area contributed by atoms with E-state index in [1.807, 2.05) is 0 Å². The van der Waals surface area contributed by atoms with Crippen LogP contribution < -0.4 is 0 Å². The van der Waals surface area contributed by atoms with Crippen LogP contribution in [0.5, 0.6) is 0 Å². The Kier molecular flexibility index (Phi) is 3.62. The first-order chi connectivity index (χ1) is 4.31. The first-order valence-electron chi connectivity index (χ1n) is 2.39. The smallest absolute Gasteiger partial charge is 0.341 e. The van der Waals surface area contributed by atoms with Crippen molar-refractivity contribution in [1.29, 1.82) is 0 Å². The molecule has 0 amide bonds. The molecule has 0 heterocycles. The number of halogens is 5. The SMILES string of the molecule is CCOC(Cl)(Cl)C(F)(F)Cl. The maximum atomic E-state index is 12.1. The Bertz CT molecular complexity index is 112. The van der Waals surface area contributed by atoms with E-state index in [-0.39, 0.29) is 6.61 Å². The van der Waals surface area contributed by atoms with Crippen molar-refractivity contribution in [2.45, 2.75) is 16.8 Å². The Morgan fingerprint density at radius 1 is 1.30 bits per heavy atom. The van der Waals surface area contributed by atoms with Gasteiger partial charge in [-0.3, -0.25) is 0 Å². The lowest BCUT2D eigenvalue weighted by Gasteiger charge is -2.23. The summed E-state index contributed by atoms with van der Waals surface area (Å²) in [5, 5.41) is -3.77. The van der Waals surface area contributed by atoms with Crippen molar-refractivity contribution in [3.05, 3.63) is 0 Å². The van der Waals surface area contributed by atoms with Crippen molar-refractivity contribution >= 4 is 34.8 Å². The molecule has 0 aromatic carbocycles. The van der Waals surface area contributed by atoms with E-state index in [0.717, 1.165) is 0 Å². The summed E-state index contributed by atoms with van der Waals surface area (Å²) in [6.07, 6.45) is 0. The van der Waals surface area contributed by atoms with Gasteiger partial charge in [-0.05, 0) is 18.5 Å². The zero-order valence-electron chi connectivity index (χ0n) is 5.01. The summed E-state index contributed by atoms with van der Waals surface area (Å²) in [5.41, 5.74) is 0. The zero-order valence-corrected chi connectivity index (χ0v) is 7.27. The predicted octanol–water partition coefficient (Wildman–Crippen LogP) is 2.99. The second-order valence-electron chi connectivity index (χ2n) is 1.45. The minimum atomic E-state index is -3.77. The quantitative estimate of drug-likeness (QED) is 0.655. The third kappa shape index (κ3) is 2.74. The van der Waals surface area contributed by atoms with Gasteiger partial charge in [0, 0.05) is 6.61 Å². The van der Waals surface area contributed by atoms with E-state index in [1.54, 1.807) is 0 Å². The lowest BCUT2D eigenvalue weighted by molar-refractivity contribution is -0.0610. The molecule has 0 atom stereocenters. The highest BCUT2D eigenvalue weighted by Crippen LogP contribution is 2.42. The van der Waals surface area contributed by atoms with Gasteiger partial charge in [0.1, 0.15) is 0 Å². The van der Waals surface area contributed by atoms with E-state index in [2.05, 4.69) is 16.3 Å². The number of alkyl halides is 5. The molecule has 0 radical (unpaired) electrons. The Hall–Kier alpha value is 0.690. The number of hydrogen-bond acceptors (Lipinski definition) is 1. The molecule has 10 heavy (non-hydrogen) atoms. The highest BCUT2D eigenvalue weighted by molar-refractivity contribution is 6.51. The van der Waals surface area contributed by atoms with Crippen LogP contribution in [0.4, 0.5) is 8.78 Å². The van der Waals surface area contributed by atoms with Gasteiger partial charge in [0.05, 0.1) is 0 Å². The fraction of sp³-hybridized carbons (Fsp3) is 1.00. The minimum Gasteiger partial charge on any atom is -0.341 e. The summed E-state index contributed by atoms with van der Waals surface area (Å²) in [4.78, 5) is 0. The normalized spacial score (nSPS) is 13.8. The number of rotatable bonds is 3. The second kappa shape index (κ2) is 3.39. The molecule has 0 aliphatic carbocycles. The fourth-order valence-electron chi connectivity index (χ4n) is 0.263. The molecule has 1 nitrogen and oxygen atoms in total. The summed E-state index contributed by atoms with van der Waals surface area (Å²) < 4.78 is 25.7. The lowest BCUT2D eigenvalue weighted by atomic mass is 10.7. The van der Waals surface area contributed by atoms with E-state index in [0.29, 0.717) is 0 Å². The highest BCUT2D eigenvalue weighted by atomic mass is 35.5. The van der Waals surface area contributed by atoms with Gasteiger partial charge in [-0.25, -0.2) is 0 Å². The molecular formula is C4H5Cl3F2O. The Balaban J connectivity index is 4.10. The summed E-state index contributed by atoms with van der Waals surface area (Å²) in [6, 6.07) is 0. The maximum Gasteiger partial charge on any atom is 0.378 e. The van der Waals surface area contributed by atoms with E-state index in [9.17, 15) is 8.78 Å². The van der Waals surface area contributed by atoms with Crippen LogP contribution in [0.1, 0.15) is 6.92 Å². The topological polar surface area (TPSA) is 9.23 Å². The highest BCUT2D eigenvalue weighted by Gasteiger charge is 2.51. The van der Waals surface area contributed by atoms with Gasteiger partial charge in [0.25, 0.3) is 4.52 Å². The molecule has 0 N–H and O–H groups in total. The molecule has 0 aliphatic rings. The van der Waals surface area contributed by atoms with E-state index < -0.39 is 9.90 Å². The van der Waals surface area contributed by atoms with E-state index in [1.165, 1.54) is 6.92 Å². The van der Waals surface area contributed by atoms with Gasteiger partial charge < -0.3 is 4.74 Å². The average Bonchev–Trinajstić information content (AvgIpc) is 1.61. The lowest BCUT2D eigenvalue weighted by Crippen LogP contribution is -2.35. The zero-order chi connectivity index (χ0) is 8.41. The van der Waals surface area contributed by atoms with Gasteiger partial charge in [-0.1, -0.05) is 23.2 Å². The third-order valence-corrected chi connectivity index (χ3v) is 1.81. The van der Waals surface area contributed by atoms with Crippen LogP contribution in [0.25, 0.3) is 0 Å². The molecule has 0 unspecified atom stereocenters. The maximum absolute atomic E-state index is 12.1. The monoisotopic (exact) mass is 212 g/mol. The molecular weight excluding hydrogens is 208 g/mol. The molecule has 62 valence electrons. The molecule has 0 aliphatic heterocycles. The van der Waals surface area contributed by atoms with E-state index >= 15 is 0 Å². The van der Waals surface area contributed by atoms with E-state index in [4.69, 9.17) is 23.2 Å². The summed E-state index contributed by atoms with van der Waals surface area (Å²) in [7, 11) is 0. The molecule has 6 heteroatoms. The van der Waals surface area contributed by atoms with Crippen molar-refractivity contribution < 1.29 is 13.5 Å². The van der Waals surface area contributed by atoms with Crippen LogP contribution in [0.2, 0.25) is 0 Å². The van der Waals surface area contributed by atoms with Crippen molar-refractivity contribution in [3.8, 4) is 0 Å². The van der Waals surface area contributed by atoms with Crippen LogP contribution >= 0.6 is 34.8 Å². The summed E-state index contributed by atoms with van der Waals surface area (Å²) in [6.45, 7) is 1.44. The summed E-state index contributed by atoms with van der Waals surface area (Å²) >= 11 is 14.4. The van der Waals surface area contributed by atoms with Crippen LogP contribution in [-0.2, 0) is 4.74 Å². The Morgan fingerprint density at radius 2 is 1.70 bits per heavy atom. The summed E-state index contributed by atoms with van der Waals surface area (Å²) in [5.74, 6) is 0. The van der Waals surface area contributed by atoms with Crippen molar-refractivity contribution in [1.82, 2.24) is 0 Å². The standard InChI is InChI=1S/C4H5Cl3F2O/c1-2-10-3(5,6)4(7,8)9/h2H2,1H3. The predicted molar refractivity (Wildman–Crippen MR) is 36.9 cm³/mol. The number of hydrogen-bond donors (Lipinski definition) is 0. The Morgan fingerprint density at radius 3 is 1.80 bits per heavy atom. The third-order valence-electron chi connectivity index (χ3n) is 0.656. The first kappa shape index (κ1) is 10.7. The molecule has 0 rings (SSSR count). The van der Waals surface area contributed by atoms with Gasteiger partial charge in [-0.15, -0.1) is 0 Å². The van der Waals surface area contributed by atoms with Crippen LogP contribution in [0.15, 0.2) is 0 Å². The molecule has 0 aromatic heterocycles. The fourth-order valence-corrected chi connectivity index (χ4v) is 0.536. The molecule has 0 fully saturated rings. The van der Waals surface area contributed by atoms with Crippen molar-refractivity contribution in [3.63, 3.8) is 0 Å². The van der Waals surface area contributed by atoms with Crippen molar-refractivity contribution in [2.24, 2.45) is 0 Å². The second-order valence-corrected chi connectivity index (χ2v) is 3.18. The van der Waals surface area contributed by atoms with Crippen molar-refractivity contribution in [2.75, 3.05) is 6.61 Å². The Labute approximate surface area is 72.2 Å². The van der Waals surface area contributed by atoms with Crippen LogP contribution in [0.3, 0.4) is 0 Å². The molecule has 0 aromatic rings. The average molecular weight is 213 g/mol. The minimum absolute atomic E-state index is 0.0324. The van der Waals surface area contributed by atoms with Crippen LogP contribution in [0, 0.1) is 0 Å². The molecule has 0 bridgehead atoms. The first-order valence-corrected chi connectivity index (χ1v) is 3.53. The molecule has 0 spiro atoms. The van der Waals surface area contributed by atoms with Gasteiger partial charge in [0.2, 0.25) is 0 Å². The number of ether oxygens (including phenoxy) is 1. The van der Waals surface area contributed by atoms with Gasteiger partial charge in [-0.2, -0.15) is 8.78 Å². The molecule has 0 saturated carbocycles. The largest absolute Gasteiger partial charge is 0.378 e. The van der Waals surface area contributed by atoms with Gasteiger partial charge in [0.15, 0.2) is 0 Å². The molecule has 0 saturated heterocycles. The van der Waals surface area contributed by atoms with Crippen LogP contribution in [-0.4, -0.2) is 16.5 Å². The van der Waals surface area contributed by atoms with Gasteiger partial charge >= 0.3 is 5.38 Å².